The summed E-state index contributed by atoms with van der Waals surface area (Å²) in [5.74, 6) is -0.855. The molecule has 0 saturated heterocycles. The summed E-state index contributed by atoms with van der Waals surface area (Å²) in [4.78, 5) is 0. The van der Waals surface area contributed by atoms with Crippen LogP contribution in [0.2, 0.25) is 5.02 Å². The Kier molecular flexibility index (Phi) is 3.41. The fourth-order valence-electron chi connectivity index (χ4n) is 1.63. The van der Waals surface area contributed by atoms with Crippen LogP contribution >= 0.6 is 11.6 Å². The Labute approximate surface area is 103 Å². The van der Waals surface area contributed by atoms with Crippen LogP contribution in [0.15, 0.2) is 42.5 Å². The molecular weight excluding hydrogens is 244 g/mol. The third kappa shape index (κ3) is 2.62. The van der Waals surface area contributed by atoms with Crippen LogP contribution in [-0.2, 0) is 0 Å². The van der Waals surface area contributed by atoms with Gasteiger partial charge in [-0.3, -0.25) is 0 Å². The molecule has 0 fully saturated rings. The lowest BCUT2D eigenvalue weighted by molar-refractivity contribution is 0.596. The van der Waals surface area contributed by atoms with E-state index in [-0.39, 0.29) is 5.56 Å². The predicted octanol–water partition coefficient (Wildman–Crippen LogP) is 3.67. The highest BCUT2D eigenvalue weighted by atomic mass is 35.5. The van der Waals surface area contributed by atoms with Crippen molar-refractivity contribution >= 4 is 11.6 Å². The third-order valence-corrected chi connectivity index (χ3v) is 2.74. The van der Waals surface area contributed by atoms with Gasteiger partial charge in [-0.25, -0.2) is 8.78 Å². The maximum Gasteiger partial charge on any atom is 0.128 e. The van der Waals surface area contributed by atoms with Crippen LogP contribution < -0.4 is 5.73 Å². The van der Waals surface area contributed by atoms with Crippen LogP contribution in [0.4, 0.5) is 8.78 Å². The maximum atomic E-state index is 13.6. The van der Waals surface area contributed by atoms with Gasteiger partial charge in [0, 0.05) is 10.6 Å². The minimum atomic E-state index is -0.732. The van der Waals surface area contributed by atoms with Gasteiger partial charge in [-0.15, -0.1) is 0 Å². The van der Waals surface area contributed by atoms with E-state index in [0.717, 1.165) is 0 Å². The molecule has 0 heterocycles. The third-order valence-electron chi connectivity index (χ3n) is 2.50. The molecule has 0 amide bonds. The van der Waals surface area contributed by atoms with Gasteiger partial charge in [-0.1, -0.05) is 23.7 Å². The van der Waals surface area contributed by atoms with Crippen molar-refractivity contribution in [3.8, 4) is 0 Å². The van der Waals surface area contributed by atoms with Crippen LogP contribution in [0.25, 0.3) is 0 Å². The highest BCUT2D eigenvalue weighted by Gasteiger charge is 2.14. The molecule has 0 bridgehead atoms. The van der Waals surface area contributed by atoms with Crippen molar-refractivity contribution in [2.24, 2.45) is 5.73 Å². The molecule has 0 aromatic heterocycles. The lowest BCUT2D eigenvalue weighted by Gasteiger charge is -2.13. The Morgan fingerprint density at radius 1 is 1.06 bits per heavy atom. The molecule has 2 rings (SSSR count). The van der Waals surface area contributed by atoms with Crippen LogP contribution in [0.3, 0.4) is 0 Å². The minimum Gasteiger partial charge on any atom is -0.320 e. The first-order valence-corrected chi connectivity index (χ1v) is 5.41. The van der Waals surface area contributed by atoms with E-state index in [1.54, 1.807) is 6.07 Å². The highest BCUT2D eigenvalue weighted by molar-refractivity contribution is 6.30. The zero-order chi connectivity index (χ0) is 12.4. The molecule has 1 atom stereocenters. The first-order valence-electron chi connectivity index (χ1n) is 5.04. The second-order valence-electron chi connectivity index (χ2n) is 3.70. The van der Waals surface area contributed by atoms with E-state index in [0.29, 0.717) is 10.6 Å². The second kappa shape index (κ2) is 4.82. The normalized spacial score (nSPS) is 12.5. The molecule has 0 radical (unpaired) electrons. The maximum absolute atomic E-state index is 13.6. The molecule has 2 N–H and O–H groups in total. The average molecular weight is 254 g/mol. The molecule has 0 aliphatic carbocycles. The minimum absolute atomic E-state index is 0.253. The van der Waals surface area contributed by atoms with Gasteiger partial charge >= 0.3 is 0 Å². The van der Waals surface area contributed by atoms with Gasteiger partial charge in [0.05, 0.1) is 6.04 Å². The van der Waals surface area contributed by atoms with E-state index in [1.165, 1.54) is 36.4 Å². The van der Waals surface area contributed by atoms with Crippen molar-refractivity contribution in [2.45, 2.75) is 6.04 Å². The van der Waals surface area contributed by atoms with E-state index in [4.69, 9.17) is 17.3 Å². The Morgan fingerprint density at radius 3 is 2.53 bits per heavy atom. The molecule has 2 aromatic rings. The Balaban J connectivity index is 2.43. The molecule has 88 valence electrons. The van der Waals surface area contributed by atoms with Crippen molar-refractivity contribution < 1.29 is 8.78 Å². The van der Waals surface area contributed by atoms with Gasteiger partial charge < -0.3 is 5.73 Å². The first-order chi connectivity index (χ1) is 8.08. The quantitative estimate of drug-likeness (QED) is 0.868. The van der Waals surface area contributed by atoms with E-state index in [2.05, 4.69) is 0 Å². The van der Waals surface area contributed by atoms with Crippen molar-refractivity contribution in [3.63, 3.8) is 0 Å². The summed E-state index contributed by atoms with van der Waals surface area (Å²) < 4.78 is 26.6. The molecule has 0 spiro atoms. The van der Waals surface area contributed by atoms with Crippen LogP contribution in [-0.4, -0.2) is 0 Å². The summed E-state index contributed by atoms with van der Waals surface area (Å²) in [6.45, 7) is 0. The van der Waals surface area contributed by atoms with Gasteiger partial charge in [0.25, 0.3) is 0 Å². The Bertz CT molecular complexity index is 543. The number of nitrogens with two attached hydrogens (primary N) is 1. The van der Waals surface area contributed by atoms with Crippen LogP contribution in [0.5, 0.6) is 0 Å². The molecule has 4 heteroatoms. The van der Waals surface area contributed by atoms with Gasteiger partial charge in [-0.05, 0) is 35.9 Å². The number of hydrogen-bond donors (Lipinski definition) is 1. The Morgan fingerprint density at radius 2 is 1.82 bits per heavy atom. The largest absolute Gasteiger partial charge is 0.320 e. The van der Waals surface area contributed by atoms with Gasteiger partial charge in [0.15, 0.2) is 0 Å². The van der Waals surface area contributed by atoms with Gasteiger partial charge in [0.1, 0.15) is 11.6 Å². The average Bonchev–Trinajstić information content (AvgIpc) is 2.31. The highest BCUT2D eigenvalue weighted by Crippen LogP contribution is 2.25. The number of halogens is 3. The van der Waals surface area contributed by atoms with Crippen LogP contribution in [0.1, 0.15) is 17.2 Å². The Hall–Kier alpha value is -1.45. The molecule has 1 unspecified atom stereocenters. The molecule has 1 nitrogen and oxygen atoms in total. The lowest BCUT2D eigenvalue weighted by Crippen LogP contribution is -2.13. The fourth-order valence-corrected chi connectivity index (χ4v) is 1.81. The molecule has 0 saturated carbocycles. The second-order valence-corrected chi connectivity index (χ2v) is 4.13. The van der Waals surface area contributed by atoms with E-state index in [9.17, 15) is 8.78 Å². The van der Waals surface area contributed by atoms with E-state index >= 15 is 0 Å². The zero-order valence-corrected chi connectivity index (χ0v) is 9.59. The van der Waals surface area contributed by atoms with Gasteiger partial charge in [0.2, 0.25) is 0 Å². The van der Waals surface area contributed by atoms with E-state index in [1.807, 2.05) is 0 Å². The van der Waals surface area contributed by atoms with Crippen molar-refractivity contribution in [1.82, 2.24) is 0 Å². The van der Waals surface area contributed by atoms with Crippen molar-refractivity contribution in [2.75, 3.05) is 0 Å². The summed E-state index contributed by atoms with van der Waals surface area (Å²) in [6, 6.07) is 9.18. The SMILES string of the molecule is NC(c1cccc(F)c1)c1cc(Cl)ccc1F. The molecule has 2 aromatic carbocycles. The smallest absolute Gasteiger partial charge is 0.128 e. The van der Waals surface area contributed by atoms with Crippen molar-refractivity contribution in [1.29, 1.82) is 0 Å². The summed E-state index contributed by atoms with van der Waals surface area (Å²) in [5, 5.41) is 0.397. The van der Waals surface area contributed by atoms with Crippen molar-refractivity contribution in [3.05, 3.63) is 70.2 Å². The molecule has 0 aliphatic heterocycles. The molecular formula is C13H10ClF2N. The van der Waals surface area contributed by atoms with E-state index < -0.39 is 17.7 Å². The fraction of sp³-hybridized carbons (Fsp3) is 0.0769. The number of hydrogen-bond acceptors (Lipinski definition) is 1. The zero-order valence-electron chi connectivity index (χ0n) is 8.83. The molecule has 0 aliphatic rings. The summed E-state index contributed by atoms with van der Waals surface area (Å²) in [7, 11) is 0. The number of rotatable bonds is 2. The standard InChI is InChI=1S/C13H10ClF2N/c14-9-4-5-12(16)11(7-9)13(17)8-2-1-3-10(15)6-8/h1-7,13H,17H2. The first kappa shape index (κ1) is 12.0. The topological polar surface area (TPSA) is 26.0 Å². The summed E-state index contributed by atoms with van der Waals surface area (Å²) in [5.41, 5.74) is 6.65. The predicted molar refractivity (Wildman–Crippen MR) is 63.8 cm³/mol. The monoisotopic (exact) mass is 253 g/mol. The van der Waals surface area contributed by atoms with Gasteiger partial charge in [-0.2, -0.15) is 0 Å². The summed E-state index contributed by atoms with van der Waals surface area (Å²) >= 11 is 5.78. The van der Waals surface area contributed by atoms with Crippen LogP contribution in [0, 0.1) is 11.6 Å². The number of benzene rings is 2. The molecule has 17 heavy (non-hydrogen) atoms. The summed E-state index contributed by atoms with van der Waals surface area (Å²) in [6.07, 6.45) is 0. The lowest BCUT2D eigenvalue weighted by atomic mass is 9.99.